The fourth-order valence-corrected chi connectivity index (χ4v) is 14.1. The highest BCUT2D eigenvalue weighted by molar-refractivity contribution is 7.70. The maximum absolute atomic E-state index is 12.7. The van der Waals surface area contributed by atoms with E-state index < -0.39 is 14.3 Å². The first-order chi connectivity index (χ1) is 40.9. The molecule has 456 valence electrons. The Labute approximate surface area is 509 Å². The van der Waals surface area contributed by atoms with Gasteiger partial charge in [0.15, 0.2) is 0 Å². The Morgan fingerprint density at radius 1 is 0.694 bits per heavy atom. The normalized spacial score (nSPS) is 18.2. The summed E-state index contributed by atoms with van der Waals surface area (Å²) in [6, 6.07) is 25.2. The van der Waals surface area contributed by atoms with Gasteiger partial charge >= 0.3 is 0 Å². The molecule has 4 aromatic carbocycles. The monoisotopic (exact) mass is 1220 g/mol. The molecule has 1 aromatic heterocycles. The first-order valence-corrected chi connectivity index (χ1v) is 35.4. The Morgan fingerprint density at radius 3 is 1.93 bits per heavy atom. The number of hydrogen-bond donors (Lipinski definition) is 3. The zero-order valence-electron chi connectivity index (χ0n) is 51.5. The fraction of sp³-hybridized carbons (Fsp3) is 0.469. The van der Waals surface area contributed by atoms with Gasteiger partial charge in [-0.2, -0.15) is 0 Å². The van der Waals surface area contributed by atoms with Gasteiger partial charge in [-0.25, -0.2) is 20.0 Å². The zero-order chi connectivity index (χ0) is 60.3. The minimum absolute atomic E-state index is 0.321. The number of nitrogens with one attached hydrogen (secondary N) is 3. The van der Waals surface area contributed by atoms with Crippen LogP contribution in [0.15, 0.2) is 101 Å². The van der Waals surface area contributed by atoms with Crippen molar-refractivity contribution in [2.24, 2.45) is 9.98 Å². The van der Waals surface area contributed by atoms with Gasteiger partial charge in [0.05, 0.1) is 44.7 Å². The smallest absolute Gasteiger partial charge is 0.228 e. The number of rotatable bonds is 17. The molecule has 5 heterocycles. The van der Waals surface area contributed by atoms with Crippen LogP contribution in [0.25, 0.3) is 6.08 Å². The molecule has 4 saturated heterocycles. The largest absolute Gasteiger partial charge is 0.496 e. The topological polar surface area (TPSA) is 168 Å². The molecule has 0 radical (unpaired) electrons. The number of allylic oxidation sites excluding steroid dienone is 1. The lowest BCUT2D eigenvalue weighted by molar-refractivity contribution is 0.0982. The van der Waals surface area contributed by atoms with Crippen molar-refractivity contribution < 1.29 is 23.3 Å². The van der Waals surface area contributed by atoms with Gasteiger partial charge in [-0.1, -0.05) is 42.0 Å². The van der Waals surface area contributed by atoms with E-state index in [4.69, 9.17) is 35.8 Å². The third-order valence-electron chi connectivity index (χ3n) is 17.0. The standard InChI is InChI=1S/C34H45N6O3P.C30H43ClN7O2P/c1-38-17-19-40(20-18-38)25-13-15-39(16-14-25)26-10-9-24(31(22-26)42-2)21-33-35-29-8-6-7-28(29)34(37-33)36-30-12-11-27(44(4,5)41)23-32(30)43-3;1-23-20-26(35-30(32-13-12-31)34-22-33-25-8-6-7-9-29(25)41(4,5)39)28(40-3)21-27(23)38-14-10-24(11-15-38)37-18-16-36(2)17-19-37/h6-7,9-12,22-23,25H,8,13-21H2,1-5H3,(H,35,36,37);6-9,12-13,20-22,24H,10-11,14-19H2,1-5H3,(H2,32,33,34,35)/b;13-12+. The van der Waals surface area contributed by atoms with Crippen LogP contribution < -0.4 is 50.6 Å². The number of piperazine rings is 2. The Kier molecular flexibility index (Phi) is 21.6. The number of aliphatic imine (C=N–C) groups is 2. The van der Waals surface area contributed by atoms with Gasteiger partial charge in [-0.3, -0.25) is 9.80 Å². The number of aryl methyl sites for hydroxylation is 1. The first kappa shape index (κ1) is 63.3. The molecule has 0 bridgehead atoms. The van der Waals surface area contributed by atoms with Gasteiger partial charge in [0.1, 0.15) is 43.2 Å². The van der Waals surface area contributed by atoms with E-state index in [0.29, 0.717) is 36.0 Å². The lowest BCUT2D eigenvalue weighted by Crippen LogP contribution is -2.52. The predicted octanol–water partition coefficient (Wildman–Crippen LogP) is 9.95. The van der Waals surface area contributed by atoms with Crippen molar-refractivity contribution in [1.29, 1.82) is 0 Å². The molecule has 3 N–H and O–H groups in total. The number of hydrogen-bond acceptors (Lipinski definition) is 15. The molecular weight excluding hydrogens is 1130 g/mol. The summed E-state index contributed by atoms with van der Waals surface area (Å²) in [5.41, 5.74) is 10.2. The van der Waals surface area contributed by atoms with Crippen LogP contribution in [0.1, 0.15) is 53.9 Å². The van der Waals surface area contributed by atoms with Crippen LogP contribution in [0, 0.1) is 6.92 Å². The van der Waals surface area contributed by atoms with Gasteiger partial charge in [0, 0.05) is 166 Å². The van der Waals surface area contributed by atoms with Crippen molar-refractivity contribution in [2.45, 2.75) is 57.5 Å². The third kappa shape index (κ3) is 16.4. The number of aromatic nitrogens is 2. The molecule has 0 spiro atoms. The number of fused-ring (bicyclic) bond motifs is 1. The Hall–Kier alpha value is -6.23. The van der Waals surface area contributed by atoms with Crippen molar-refractivity contribution >= 4 is 89.1 Å². The molecule has 0 atom stereocenters. The highest BCUT2D eigenvalue weighted by Crippen LogP contribution is 2.41. The number of para-hydroxylation sites is 1. The zero-order valence-corrected chi connectivity index (χ0v) is 54.0. The third-order valence-corrected chi connectivity index (χ3v) is 20.2. The van der Waals surface area contributed by atoms with E-state index in [0.717, 1.165) is 113 Å². The fourth-order valence-electron chi connectivity index (χ4n) is 12.0. The molecule has 21 heteroatoms. The maximum Gasteiger partial charge on any atom is 0.228 e. The molecule has 85 heavy (non-hydrogen) atoms. The van der Waals surface area contributed by atoms with Crippen LogP contribution in [-0.2, 0) is 22.0 Å². The quantitative estimate of drug-likeness (QED) is 0.0457. The van der Waals surface area contributed by atoms with Gasteiger partial charge in [-0.15, -0.1) is 0 Å². The molecular formula is C64H88ClN13O5P2. The minimum atomic E-state index is -2.46. The molecule has 1 aliphatic carbocycles. The minimum Gasteiger partial charge on any atom is -0.496 e. The molecule has 4 aliphatic heterocycles. The van der Waals surface area contributed by atoms with Gasteiger partial charge in [0.2, 0.25) is 5.96 Å². The average molecular weight is 1220 g/mol. The van der Waals surface area contributed by atoms with Crippen molar-refractivity contribution in [1.82, 2.24) is 29.6 Å². The lowest BCUT2D eigenvalue weighted by Gasteiger charge is -2.43. The van der Waals surface area contributed by atoms with Crippen molar-refractivity contribution in [2.75, 3.05) is 166 Å². The van der Waals surface area contributed by atoms with Crippen LogP contribution in [0.4, 0.5) is 34.3 Å². The van der Waals surface area contributed by atoms with E-state index in [-0.39, 0.29) is 0 Å². The number of guanidine groups is 1. The summed E-state index contributed by atoms with van der Waals surface area (Å²) < 4.78 is 42.7. The summed E-state index contributed by atoms with van der Waals surface area (Å²) >= 11 is 5.76. The molecule has 18 nitrogen and oxygen atoms in total. The summed E-state index contributed by atoms with van der Waals surface area (Å²) in [7, 11) is 4.59. The summed E-state index contributed by atoms with van der Waals surface area (Å²) in [5.74, 6) is 3.99. The number of likely N-dealkylation sites (N-methyl/N-ethyl adjacent to an activating group) is 2. The Morgan fingerprint density at radius 2 is 1.32 bits per heavy atom. The molecule has 0 amide bonds. The Bertz CT molecular complexity index is 3320. The SMILES string of the molecule is COc1cc(N2CCC(N3CCN(C)CC3)CC2)c(C)cc1NC(N=CNc1ccccc1P(C)(C)=O)=N/C=C/Cl.COc1cc(N2CCC(N3CCN(C)CC3)CC2)ccc1Cc1nc2c(c(Nc3ccc(P(C)(C)=O)cc3OC)n1)C=CC2. The average Bonchev–Trinajstić information content (AvgIpc) is 4.26. The molecule has 10 rings (SSSR count). The predicted molar refractivity (Wildman–Crippen MR) is 356 cm³/mol. The maximum atomic E-state index is 12.7. The summed E-state index contributed by atoms with van der Waals surface area (Å²) in [5, 5.41) is 11.5. The molecule has 5 aromatic rings. The van der Waals surface area contributed by atoms with Gasteiger partial charge in [-0.05, 0) is 121 Å². The van der Waals surface area contributed by atoms with E-state index >= 15 is 0 Å². The molecule has 0 saturated carbocycles. The van der Waals surface area contributed by atoms with E-state index in [1.54, 1.807) is 48.0 Å². The Balaban J connectivity index is 0.000000204. The number of ether oxygens (including phenoxy) is 3. The number of methoxy groups -OCH3 is 3. The summed E-state index contributed by atoms with van der Waals surface area (Å²) in [4.78, 5) is 33.9. The number of nitrogens with zero attached hydrogens (tertiary/aromatic N) is 10. The van der Waals surface area contributed by atoms with Crippen molar-refractivity contribution in [3.05, 3.63) is 119 Å². The van der Waals surface area contributed by atoms with Gasteiger partial charge in [0.25, 0.3) is 0 Å². The second kappa shape index (κ2) is 29.0. The van der Waals surface area contributed by atoms with Crippen molar-refractivity contribution in [3.63, 3.8) is 0 Å². The van der Waals surface area contributed by atoms with E-state index in [1.165, 1.54) is 94.4 Å². The second-order valence-electron chi connectivity index (χ2n) is 23.6. The molecule has 0 unspecified atom stereocenters. The second-order valence-corrected chi connectivity index (χ2v) is 30.2. The first-order valence-electron chi connectivity index (χ1n) is 29.7. The van der Waals surface area contributed by atoms with Gasteiger partial charge < -0.3 is 58.9 Å². The van der Waals surface area contributed by atoms with E-state index in [1.807, 2.05) is 42.5 Å². The number of halogens is 1. The van der Waals surface area contributed by atoms with Crippen molar-refractivity contribution in [3.8, 4) is 17.2 Å². The van der Waals surface area contributed by atoms with E-state index in [9.17, 15) is 9.13 Å². The highest BCUT2D eigenvalue weighted by Gasteiger charge is 2.30. The van der Waals surface area contributed by atoms with Crippen LogP contribution in [0.5, 0.6) is 17.2 Å². The van der Waals surface area contributed by atoms with Crippen LogP contribution >= 0.6 is 25.9 Å². The van der Waals surface area contributed by atoms with Crippen LogP contribution in [0.2, 0.25) is 0 Å². The highest BCUT2D eigenvalue weighted by atomic mass is 35.5. The van der Waals surface area contributed by atoms with E-state index in [2.05, 4.69) is 119 Å². The number of anilines is 6. The number of benzene rings is 4. The molecule has 4 fully saturated rings. The van der Waals surface area contributed by atoms with Crippen LogP contribution in [-0.4, -0.2) is 195 Å². The lowest BCUT2D eigenvalue weighted by atomic mass is 10.0. The van der Waals surface area contributed by atoms with Crippen LogP contribution in [0.3, 0.4) is 0 Å². The number of piperidine rings is 2. The summed E-state index contributed by atoms with van der Waals surface area (Å²) in [6.07, 6.45) is 13.2. The summed E-state index contributed by atoms with van der Waals surface area (Å²) in [6.45, 7) is 22.7. The molecule has 5 aliphatic rings.